The number of hydrogen-bond acceptors (Lipinski definition) is 4. The Balaban J connectivity index is 2.56. The minimum absolute atomic E-state index is 0.00104. The van der Waals surface area contributed by atoms with Crippen molar-refractivity contribution in [2.24, 2.45) is 5.73 Å². The second-order valence-electron chi connectivity index (χ2n) is 2.50. The van der Waals surface area contributed by atoms with Crippen molar-refractivity contribution in [3.8, 4) is 0 Å². The Bertz CT molecular complexity index is 335. The fraction of sp³-hybridized carbons (Fsp3) is 0.500. The van der Waals surface area contributed by atoms with Crippen molar-refractivity contribution in [2.75, 3.05) is 0 Å². The van der Waals surface area contributed by atoms with E-state index in [9.17, 15) is 18.0 Å². The number of carbonyl (C=O) groups is 1. The minimum atomic E-state index is -4.24. The molecule has 0 aliphatic rings. The van der Waals surface area contributed by atoms with Gasteiger partial charge in [0.25, 0.3) is 5.91 Å². The third-order valence-electron chi connectivity index (χ3n) is 1.31. The maximum absolute atomic E-state index is 11.8. The number of amides is 1. The van der Waals surface area contributed by atoms with E-state index in [1.54, 1.807) is 0 Å². The first-order valence-electron chi connectivity index (χ1n) is 3.57. The highest BCUT2D eigenvalue weighted by Gasteiger charge is 2.27. The van der Waals surface area contributed by atoms with Gasteiger partial charge in [0.05, 0.1) is 6.42 Å². The van der Waals surface area contributed by atoms with Crippen LogP contribution in [0.5, 0.6) is 0 Å². The van der Waals surface area contributed by atoms with Crippen molar-refractivity contribution in [3.63, 3.8) is 0 Å². The van der Waals surface area contributed by atoms with Crippen LogP contribution in [0.2, 0.25) is 0 Å². The van der Waals surface area contributed by atoms with E-state index in [0.717, 1.165) is 0 Å². The summed E-state index contributed by atoms with van der Waals surface area (Å²) >= 11 is 0.705. The van der Waals surface area contributed by atoms with Crippen LogP contribution in [0.15, 0.2) is 0 Å². The van der Waals surface area contributed by atoms with Crippen LogP contribution in [0, 0.1) is 0 Å². The number of nitrogens with two attached hydrogens (primary N) is 1. The van der Waals surface area contributed by atoms with Crippen LogP contribution in [0.3, 0.4) is 0 Å². The first kappa shape index (κ1) is 10.9. The molecule has 0 radical (unpaired) electrons. The highest BCUT2D eigenvalue weighted by Crippen LogP contribution is 2.21. The predicted octanol–water partition coefficient (Wildman–Crippen LogP) is 1.13. The molecule has 0 atom stereocenters. The molecule has 0 aromatic carbocycles. The van der Waals surface area contributed by atoms with Crippen LogP contribution < -0.4 is 5.73 Å². The van der Waals surface area contributed by atoms with Crippen LogP contribution in [0.4, 0.5) is 13.2 Å². The Morgan fingerprint density at radius 3 is 2.57 bits per heavy atom. The van der Waals surface area contributed by atoms with E-state index in [-0.39, 0.29) is 17.3 Å². The second-order valence-corrected chi connectivity index (χ2v) is 3.25. The molecule has 14 heavy (non-hydrogen) atoms. The molecule has 0 aliphatic carbocycles. The number of nitrogens with zero attached hydrogens (tertiary/aromatic N) is 2. The van der Waals surface area contributed by atoms with Gasteiger partial charge in [-0.25, -0.2) is 4.98 Å². The zero-order chi connectivity index (χ0) is 10.8. The summed E-state index contributed by atoms with van der Waals surface area (Å²) in [5, 5.41) is -0.0674. The van der Waals surface area contributed by atoms with Crippen molar-refractivity contribution in [3.05, 3.63) is 10.8 Å². The smallest absolute Gasteiger partial charge is 0.363 e. The molecule has 0 bridgehead atoms. The van der Waals surface area contributed by atoms with Gasteiger partial charge in [0.1, 0.15) is 5.82 Å². The van der Waals surface area contributed by atoms with Gasteiger partial charge in [-0.1, -0.05) is 0 Å². The molecule has 1 aromatic heterocycles. The standard InChI is InChI=1S/C6H6F3N3OS/c7-6(8,9)2-1-3-11-5(4(10)13)14-12-3/h1-2H2,(H2,10,13). The zero-order valence-corrected chi connectivity index (χ0v) is 7.65. The van der Waals surface area contributed by atoms with Crippen molar-refractivity contribution in [1.29, 1.82) is 0 Å². The van der Waals surface area contributed by atoms with Gasteiger partial charge in [-0.05, 0) is 11.5 Å². The number of rotatable bonds is 3. The largest absolute Gasteiger partial charge is 0.389 e. The third-order valence-corrected chi connectivity index (χ3v) is 2.08. The summed E-state index contributed by atoms with van der Waals surface area (Å²) < 4.78 is 38.9. The normalized spacial score (nSPS) is 11.6. The molecule has 0 saturated heterocycles. The quantitative estimate of drug-likeness (QED) is 0.838. The Morgan fingerprint density at radius 2 is 2.14 bits per heavy atom. The first-order chi connectivity index (χ1) is 6.38. The Hall–Kier alpha value is -1.18. The summed E-state index contributed by atoms with van der Waals surface area (Å²) in [6.07, 6.45) is -5.56. The SMILES string of the molecule is NC(=O)c1nc(CCC(F)(F)F)ns1. The summed E-state index contributed by atoms with van der Waals surface area (Å²) in [4.78, 5) is 14.1. The fourth-order valence-corrected chi connectivity index (χ4v) is 1.27. The van der Waals surface area contributed by atoms with Gasteiger partial charge in [-0.15, -0.1) is 0 Å². The lowest BCUT2D eigenvalue weighted by molar-refractivity contribution is -0.134. The van der Waals surface area contributed by atoms with E-state index in [4.69, 9.17) is 5.73 Å². The lowest BCUT2D eigenvalue weighted by Gasteiger charge is -2.02. The number of hydrogen-bond donors (Lipinski definition) is 1. The van der Waals surface area contributed by atoms with Crippen LogP contribution in [-0.2, 0) is 6.42 Å². The molecule has 1 rings (SSSR count). The number of aromatic nitrogens is 2. The van der Waals surface area contributed by atoms with Crippen LogP contribution in [0.1, 0.15) is 22.0 Å². The summed E-state index contributed by atoms with van der Waals surface area (Å²) in [6, 6.07) is 0. The lowest BCUT2D eigenvalue weighted by atomic mass is 10.3. The molecule has 4 nitrogen and oxygen atoms in total. The molecule has 0 unspecified atom stereocenters. The lowest BCUT2D eigenvalue weighted by Crippen LogP contribution is -2.11. The molecule has 2 N–H and O–H groups in total. The van der Waals surface area contributed by atoms with Gasteiger partial charge in [0, 0.05) is 6.42 Å². The molecule has 78 valence electrons. The van der Waals surface area contributed by atoms with Gasteiger partial charge >= 0.3 is 6.18 Å². The van der Waals surface area contributed by atoms with E-state index in [2.05, 4.69) is 9.36 Å². The van der Waals surface area contributed by atoms with Gasteiger partial charge < -0.3 is 5.73 Å². The molecule has 1 amide bonds. The second kappa shape index (κ2) is 3.91. The summed E-state index contributed by atoms with van der Waals surface area (Å²) in [7, 11) is 0. The molecule has 0 fully saturated rings. The molecule has 0 aliphatic heterocycles. The topological polar surface area (TPSA) is 68.9 Å². The highest BCUT2D eigenvalue weighted by atomic mass is 32.1. The highest BCUT2D eigenvalue weighted by molar-refractivity contribution is 7.07. The summed E-state index contributed by atoms with van der Waals surface area (Å²) in [5.41, 5.74) is 4.86. The van der Waals surface area contributed by atoms with Crippen LogP contribution >= 0.6 is 11.5 Å². The Kier molecular flexibility index (Phi) is 3.04. The number of primary amides is 1. The van der Waals surface area contributed by atoms with Crippen molar-refractivity contribution >= 4 is 17.4 Å². The molecule has 1 heterocycles. The van der Waals surface area contributed by atoms with Gasteiger partial charge in [0.15, 0.2) is 0 Å². The fourth-order valence-electron chi connectivity index (χ4n) is 0.709. The number of aryl methyl sites for hydroxylation is 1. The van der Waals surface area contributed by atoms with Gasteiger partial charge in [-0.3, -0.25) is 4.79 Å². The van der Waals surface area contributed by atoms with E-state index in [1.165, 1.54) is 0 Å². The molecule has 1 aromatic rings. The van der Waals surface area contributed by atoms with Gasteiger partial charge in [-0.2, -0.15) is 17.5 Å². The maximum atomic E-state index is 11.8. The molecule has 0 saturated carbocycles. The van der Waals surface area contributed by atoms with Crippen molar-refractivity contribution in [2.45, 2.75) is 19.0 Å². The molecule has 0 spiro atoms. The van der Waals surface area contributed by atoms with Crippen LogP contribution in [0.25, 0.3) is 0 Å². The third kappa shape index (κ3) is 3.29. The molecule has 8 heteroatoms. The average molecular weight is 225 g/mol. The Morgan fingerprint density at radius 1 is 1.50 bits per heavy atom. The number of halogens is 3. The minimum Gasteiger partial charge on any atom is -0.363 e. The van der Waals surface area contributed by atoms with Gasteiger partial charge in [0.2, 0.25) is 5.01 Å². The number of carbonyl (C=O) groups excluding carboxylic acids is 1. The average Bonchev–Trinajstić information content (AvgIpc) is 2.47. The summed E-state index contributed by atoms with van der Waals surface area (Å²) in [5.74, 6) is -0.776. The van der Waals surface area contributed by atoms with Crippen molar-refractivity contribution < 1.29 is 18.0 Å². The van der Waals surface area contributed by atoms with Crippen LogP contribution in [-0.4, -0.2) is 21.4 Å². The predicted molar refractivity (Wildman–Crippen MR) is 42.8 cm³/mol. The van der Waals surface area contributed by atoms with E-state index in [1.807, 2.05) is 0 Å². The van der Waals surface area contributed by atoms with E-state index in [0.29, 0.717) is 11.5 Å². The Labute approximate surface area is 81.1 Å². The monoisotopic (exact) mass is 225 g/mol. The van der Waals surface area contributed by atoms with E-state index < -0.39 is 18.5 Å². The number of alkyl halides is 3. The summed E-state index contributed by atoms with van der Waals surface area (Å²) in [6.45, 7) is 0. The van der Waals surface area contributed by atoms with E-state index >= 15 is 0 Å². The first-order valence-corrected chi connectivity index (χ1v) is 4.35. The maximum Gasteiger partial charge on any atom is 0.389 e. The molecular weight excluding hydrogens is 219 g/mol. The molecular formula is C6H6F3N3OS. The van der Waals surface area contributed by atoms with Crippen molar-refractivity contribution in [1.82, 2.24) is 9.36 Å². The zero-order valence-electron chi connectivity index (χ0n) is 6.84.